The van der Waals surface area contributed by atoms with Gasteiger partial charge in [0.1, 0.15) is 21.2 Å². The zero-order valence-corrected chi connectivity index (χ0v) is 19.3. The van der Waals surface area contributed by atoms with E-state index >= 15 is 0 Å². The van der Waals surface area contributed by atoms with E-state index in [0.717, 1.165) is 5.56 Å². The second kappa shape index (κ2) is 8.97. The quantitative estimate of drug-likeness (QED) is 0.430. The van der Waals surface area contributed by atoms with Gasteiger partial charge in [0.15, 0.2) is 0 Å². The van der Waals surface area contributed by atoms with Gasteiger partial charge in [0.2, 0.25) is 5.76 Å². The number of hydrogen-bond acceptors (Lipinski definition) is 6. The van der Waals surface area contributed by atoms with Gasteiger partial charge in [-0.2, -0.15) is 0 Å². The average Bonchev–Trinajstić information content (AvgIpc) is 3.40. The van der Waals surface area contributed by atoms with Crippen molar-refractivity contribution in [2.24, 2.45) is 0 Å². The van der Waals surface area contributed by atoms with Crippen molar-refractivity contribution in [2.75, 3.05) is 31.6 Å². The number of fused-ring (bicyclic) bond motifs is 1. The molecule has 2 aromatic carbocycles. The lowest BCUT2D eigenvalue weighted by atomic mass is 10.2. The number of carbonyl (C=O) groups excluding carboxylic acids is 2. The van der Waals surface area contributed by atoms with Crippen molar-refractivity contribution in [1.29, 1.82) is 0 Å². The summed E-state index contributed by atoms with van der Waals surface area (Å²) in [6.07, 6.45) is 0. The van der Waals surface area contributed by atoms with Gasteiger partial charge in [0.05, 0.1) is 18.9 Å². The van der Waals surface area contributed by atoms with Crippen LogP contribution in [0.25, 0.3) is 21.5 Å². The Balaban J connectivity index is 1.49. The van der Waals surface area contributed by atoms with E-state index in [9.17, 15) is 9.59 Å². The number of furan rings is 1. The number of nitrogens with zero attached hydrogens (tertiary/aromatic N) is 2. The van der Waals surface area contributed by atoms with Gasteiger partial charge in [0.25, 0.3) is 11.8 Å². The number of ether oxygens (including phenoxy) is 1. The fourth-order valence-corrected chi connectivity index (χ4v) is 4.90. The Labute approximate surface area is 198 Å². The Bertz CT molecular complexity index is 1360. The zero-order chi connectivity index (χ0) is 22.9. The van der Waals surface area contributed by atoms with Crippen molar-refractivity contribution in [3.8, 4) is 10.6 Å². The third-order valence-electron chi connectivity index (χ3n) is 5.40. The molecule has 9 heteroatoms. The first-order valence-corrected chi connectivity index (χ1v) is 11.6. The van der Waals surface area contributed by atoms with Gasteiger partial charge < -0.3 is 19.4 Å². The highest BCUT2D eigenvalue weighted by atomic mass is 35.5. The maximum atomic E-state index is 13.3. The van der Waals surface area contributed by atoms with E-state index in [-0.39, 0.29) is 17.6 Å². The highest BCUT2D eigenvalue weighted by Gasteiger charge is 2.28. The maximum Gasteiger partial charge on any atom is 0.291 e. The number of amides is 2. The van der Waals surface area contributed by atoms with Crippen LogP contribution < -0.4 is 5.32 Å². The maximum absolute atomic E-state index is 13.3. The number of halogens is 1. The molecular weight excluding hydrogens is 462 g/mol. The summed E-state index contributed by atoms with van der Waals surface area (Å²) >= 11 is 7.38. The van der Waals surface area contributed by atoms with Crippen LogP contribution in [-0.4, -0.2) is 48.0 Å². The number of thiazole rings is 1. The van der Waals surface area contributed by atoms with Crippen LogP contribution in [0.1, 0.15) is 25.9 Å². The number of para-hydroxylation sites is 1. The lowest BCUT2D eigenvalue weighted by Crippen LogP contribution is -2.40. The first kappa shape index (κ1) is 21.6. The van der Waals surface area contributed by atoms with E-state index < -0.39 is 0 Å². The largest absolute Gasteiger partial charge is 0.449 e. The molecule has 2 aromatic heterocycles. The van der Waals surface area contributed by atoms with E-state index in [1.807, 2.05) is 36.4 Å². The zero-order valence-electron chi connectivity index (χ0n) is 17.8. The molecule has 33 heavy (non-hydrogen) atoms. The molecule has 1 saturated heterocycles. The van der Waals surface area contributed by atoms with Crippen molar-refractivity contribution < 1.29 is 18.7 Å². The summed E-state index contributed by atoms with van der Waals surface area (Å²) < 4.78 is 11.2. The monoisotopic (exact) mass is 481 g/mol. The summed E-state index contributed by atoms with van der Waals surface area (Å²) in [5, 5.41) is 4.88. The topological polar surface area (TPSA) is 84.7 Å². The van der Waals surface area contributed by atoms with Crippen LogP contribution in [0.4, 0.5) is 5.69 Å². The average molecular weight is 482 g/mol. The number of morpholine rings is 1. The van der Waals surface area contributed by atoms with Crippen LogP contribution in [0.3, 0.4) is 0 Å². The van der Waals surface area contributed by atoms with E-state index in [1.54, 1.807) is 24.0 Å². The number of benzene rings is 2. The van der Waals surface area contributed by atoms with Crippen LogP contribution in [0.15, 0.2) is 52.9 Å². The summed E-state index contributed by atoms with van der Waals surface area (Å²) in [4.78, 5) is 33.2. The van der Waals surface area contributed by atoms with Gasteiger partial charge in [-0.15, -0.1) is 11.3 Å². The molecule has 0 saturated carbocycles. The molecule has 0 atom stereocenters. The SMILES string of the molecule is Cc1nc(-c2cccc(Cl)c2)sc1C(=O)Nc1c(C(=O)N2CCOCC2)oc2ccccc12. The number of hydrogen-bond donors (Lipinski definition) is 1. The minimum atomic E-state index is -0.346. The molecule has 1 fully saturated rings. The second-order valence-corrected chi connectivity index (χ2v) is 9.04. The lowest BCUT2D eigenvalue weighted by Gasteiger charge is -2.26. The highest BCUT2D eigenvalue weighted by molar-refractivity contribution is 7.17. The number of anilines is 1. The van der Waals surface area contributed by atoms with Crippen LogP contribution in [0.2, 0.25) is 5.02 Å². The molecule has 2 amide bonds. The molecule has 1 N–H and O–H groups in total. The summed E-state index contributed by atoms with van der Waals surface area (Å²) in [5.74, 6) is -0.505. The number of nitrogens with one attached hydrogen (secondary N) is 1. The summed E-state index contributed by atoms with van der Waals surface area (Å²) in [5.41, 5.74) is 2.34. The Morgan fingerprint density at radius 2 is 1.91 bits per heavy atom. The number of aryl methyl sites for hydroxylation is 1. The van der Waals surface area contributed by atoms with Gasteiger partial charge in [-0.05, 0) is 31.2 Å². The predicted octanol–water partition coefficient (Wildman–Crippen LogP) is 5.24. The Kier molecular flexibility index (Phi) is 5.88. The minimum absolute atomic E-state index is 0.115. The standard InChI is InChI=1S/C24H20ClN3O4S/c1-14-21(33-23(26-14)15-5-4-6-16(25)13-15)22(29)27-19-17-7-2-3-8-18(17)32-20(19)24(30)28-9-11-31-12-10-28/h2-8,13H,9-12H2,1H3,(H,27,29). The van der Waals surface area contributed by atoms with Crippen molar-refractivity contribution >= 4 is 51.4 Å². The Morgan fingerprint density at radius 1 is 1.12 bits per heavy atom. The summed E-state index contributed by atoms with van der Waals surface area (Å²) in [6, 6.07) is 14.6. The van der Waals surface area contributed by atoms with Crippen molar-refractivity contribution in [2.45, 2.75) is 6.92 Å². The first-order valence-electron chi connectivity index (χ1n) is 10.4. The fourth-order valence-electron chi connectivity index (χ4n) is 3.75. The molecule has 0 radical (unpaired) electrons. The molecule has 0 aliphatic carbocycles. The van der Waals surface area contributed by atoms with Crippen molar-refractivity contribution in [3.05, 3.63) is 69.9 Å². The summed E-state index contributed by atoms with van der Waals surface area (Å²) in [7, 11) is 0. The Hall–Kier alpha value is -3.20. The first-order chi connectivity index (χ1) is 16.0. The molecule has 1 aliphatic rings. The molecule has 1 aliphatic heterocycles. The van der Waals surface area contributed by atoms with Crippen LogP contribution >= 0.6 is 22.9 Å². The lowest BCUT2D eigenvalue weighted by molar-refractivity contribution is 0.0285. The number of aromatic nitrogens is 1. The van der Waals surface area contributed by atoms with Gasteiger partial charge in [-0.3, -0.25) is 9.59 Å². The van der Waals surface area contributed by atoms with Gasteiger partial charge in [-0.25, -0.2) is 4.98 Å². The fraction of sp³-hybridized carbons (Fsp3) is 0.208. The van der Waals surface area contributed by atoms with E-state index in [4.69, 9.17) is 20.8 Å². The molecular formula is C24H20ClN3O4S. The van der Waals surface area contributed by atoms with Crippen molar-refractivity contribution in [3.63, 3.8) is 0 Å². The van der Waals surface area contributed by atoms with Gasteiger partial charge in [0, 0.05) is 29.1 Å². The van der Waals surface area contributed by atoms with Crippen LogP contribution in [0, 0.1) is 6.92 Å². The van der Waals surface area contributed by atoms with E-state index in [1.165, 1.54) is 11.3 Å². The molecule has 0 spiro atoms. The predicted molar refractivity (Wildman–Crippen MR) is 128 cm³/mol. The minimum Gasteiger partial charge on any atom is -0.449 e. The van der Waals surface area contributed by atoms with Gasteiger partial charge >= 0.3 is 0 Å². The van der Waals surface area contributed by atoms with Crippen molar-refractivity contribution in [1.82, 2.24) is 9.88 Å². The number of rotatable bonds is 4. The van der Waals surface area contributed by atoms with Crippen LogP contribution in [-0.2, 0) is 4.74 Å². The van der Waals surface area contributed by atoms with E-state index in [2.05, 4.69) is 10.3 Å². The summed E-state index contributed by atoms with van der Waals surface area (Å²) in [6.45, 7) is 3.67. The molecule has 0 unspecified atom stereocenters. The third-order valence-corrected chi connectivity index (χ3v) is 6.84. The smallest absolute Gasteiger partial charge is 0.291 e. The molecule has 3 heterocycles. The normalized spacial score (nSPS) is 13.9. The van der Waals surface area contributed by atoms with Crippen LogP contribution in [0.5, 0.6) is 0 Å². The Morgan fingerprint density at radius 3 is 2.70 bits per heavy atom. The molecule has 7 nitrogen and oxygen atoms in total. The highest BCUT2D eigenvalue weighted by Crippen LogP contribution is 2.34. The third kappa shape index (κ3) is 4.25. The molecule has 4 aromatic rings. The van der Waals surface area contributed by atoms with Gasteiger partial charge in [-0.1, -0.05) is 35.9 Å². The molecule has 0 bridgehead atoms. The second-order valence-electron chi connectivity index (χ2n) is 7.60. The number of carbonyl (C=O) groups is 2. The van der Waals surface area contributed by atoms with E-state index in [0.29, 0.717) is 63.6 Å². The molecule has 5 rings (SSSR count). The molecule has 168 valence electrons.